The van der Waals surface area contributed by atoms with Crippen LogP contribution in [0, 0.1) is 4.77 Å². The Morgan fingerprint density at radius 3 is 3.15 bits per heavy atom. The molecule has 0 amide bonds. The lowest BCUT2D eigenvalue weighted by Gasteiger charge is -2.03. The van der Waals surface area contributed by atoms with E-state index in [4.69, 9.17) is 16.6 Å². The van der Waals surface area contributed by atoms with Crippen LogP contribution in [0.2, 0.25) is 0 Å². The normalized spacial score (nSPS) is 11.1. The van der Waals surface area contributed by atoms with Gasteiger partial charge in [0, 0.05) is 12.7 Å². The molecule has 5 nitrogen and oxygen atoms in total. The van der Waals surface area contributed by atoms with E-state index in [0.29, 0.717) is 4.77 Å². The summed E-state index contributed by atoms with van der Waals surface area (Å²) >= 11 is 6.83. The molecule has 0 aromatic carbocycles. The number of aromatic nitrogens is 4. The molecule has 3 aromatic rings. The van der Waals surface area contributed by atoms with Crippen molar-refractivity contribution >= 4 is 23.6 Å². The van der Waals surface area contributed by atoms with Crippen LogP contribution >= 0.6 is 23.6 Å². The Bertz CT molecular complexity index is 739. The van der Waals surface area contributed by atoms with Crippen molar-refractivity contribution in [3.05, 3.63) is 29.4 Å². The molecule has 20 heavy (non-hydrogen) atoms. The molecule has 3 rings (SSSR count). The number of H-pyrrole nitrogens is 1. The Morgan fingerprint density at radius 2 is 2.40 bits per heavy atom. The van der Waals surface area contributed by atoms with Gasteiger partial charge in [-0.2, -0.15) is 5.10 Å². The zero-order valence-corrected chi connectivity index (χ0v) is 12.6. The smallest absolute Gasteiger partial charge is 0.195 e. The molecule has 104 valence electrons. The van der Waals surface area contributed by atoms with Crippen molar-refractivity contribution < 1.29 is 4.42 Å². The highest BCUT2D eigenvalue weighted by Crippen LogP contribution is 2.31. The van der Waals surface area contributed by atoms with Gasteiger partial charge < -0.3 is 4.42 Å². The lowest BCUT2D eigenvalue weighted by Crippen LogP contribution is -1.99. The van der Waals surface area contributed by atoms with Gasteiger partial charge in [0.1, 0.15) is 0 Å². The molecule has 0 aliphatic carbocycles. The van der Waals surface area contributed by atoms with E-state index in [2.05, 4.69) is 22.1 Å². The first kappa shape index (κ1) is 13.3. The van der Waals surface area contributed by atoms with Crippen LogP contribution in [-0.4, -0.2) is 19.7 Å². The summed E-state index contributed by atoms with van der Waals surface area (Å²) in [7, 11) is 0. The van der Waals surface area contributed by atoms with Gasteiger partial charge in [0.05, 0.1) is 11.1 Å². The molecule has 0 aliphatic rings. The molecule has 0 saturated carbocycles. The van der Waals surface area contributed by atoms with E-state index in [0.717, 1.165) is 40.9 Å². The van der Waals surface area contributed by atoms with E-state index >= 15 is 0 Å². The number of hydrogen-bond donors (Lipinski definition) is 1. The number of thiazole rings is 1. The van der Waals surface area contributed by atoms with Crippen molar-refractivity contribution in [1.29, 1.82) is 0 Å². The summed E-state index contributed by atoms with van der Waals surface area (Å²) < 4.78 is 8.04. The van der Waals surface area contributed by atoms with Crippen molar-refractivity contribution in [2.24, 2.45) is 0 Å². The lowest BCUT2D eigenvalue weighted by atomic mass is 10.3. The number of unbranched alkanes of at least 4 members (excludes halogenated alkanes) is 1. The standard InChI is InChI=1S/C13H14N4OS2/c1-2-3-6-17-11(15-16-13(17)19)10-8-14-12(20-10)9-5-4-7-18-9/h4-5,7-8H,2-3,6H2,1H3,(H,16,19). The molecule has 0 spiro atoms. The average molecular weight is 306 g/mol. The van der Waals surface area contributed by atoms with Crippen LogP contribution in [-0.2, 0) is 6.54 Å². The van der Waals surface area contributed by atoms with Crippen molar-refractivity contribution in [2.75, 3.05) is 0 Å². The summed E-state index contributed by atoms with van der Waals surface area (Å²) in [6, 6.07) is 3.75. The van der Waals surface area contributed by atoms with Crippen LogP contribution < -0.4 is 0 Å². The first-order chi connectivity index (χ1) is 9.79. The first-order valence-corrected chi connectivity index (χ1v) is 7.67. The number of hydrogen-bond acceptors (Lipinski definition) is 5. The maximum atomic E-state index is 5.36. The molecule has 0 radical (unpaired) electrons. The predicted molar refractivity (Wildman–Crippen MR) is 81.1 cm³/mol. The minimum atomic E-state index is 0.654. The highest BCUT2D eigenvalue weighted by molar-refractivity contribution is 7.71. The van der Waals surface area contributed by atoms with Crippen LogP contribution in [0.15, 0.2) is 29.0 Å². The Labute approximate surface area is 125 Å². The third-order valence-corrected chi connectivity index (χ3v) is 4.27. The molecule has 1 N–H and O–H groups in total. The van der Waals surface area contributed by atoms with Gasteiger partial charge in [-0.15, -0.1) is 11.3 Å². The fourth-order valence-electron chi connectivity index (χ4n) is 1.92. The van der Waals surface area contributed by atoms with Gasteiger partial charge in [0.2, 0.25) is 0 Å². The summed E-state index contributed by atoms with van der Waals surface area (Å²) in [5, 5.41) is 8.03. The summed E-state index contributed by atoms with van der Waals surface area (Å²) in [5.74, 6) is 1.62. The molecule has 7 heteroatoms. The van der Waals surface area contributed by atoms with E-state index in [-0.39, 0.29) is 0 Å². The topological polar surface area (TPSA) is 59.6 Å². The zero-order chi connectivity index (χ0) is 13.9. The number of nitrogens with one attached hydrogen (secondary N) is 1. The molecule has 0 bridgehead atoms. The summed E-state index contributed by atoms with van der Waals surface area (Å²) in [6.45, 7) is 3.03. The van der Waals surface area contributed by atoms with Crippen LogP contribution in [0.1, 0.15) is 19.8 Å². The first-order valence-electron chi connectivity index (χ1n) is 6.45. The van der Waals surface area contributed by atoms with Crippen LogP contribution in [0.3, 0.4) is 0 Å². The SMILES string of the molecule is CCCCn1c(-c2cnc(-c3ccco3)s2)n[nH]c1=S. The second-order valence-corrected chi connectivity index (χ2v) is 5.78. The number of furan rings is 1. The Hall–Kier alpha value is -1.73. The third kappa shape index (κ3) is 2.46. The molecule has 0 saturated heterocycles. The zero-order valence-electron chi connectivity index (χ0n) is 11.0. The van der Waals surface area contributed by atoms with E-state index in [1.807, 2.05) is 22.9 Å². The van der Waals surface area contributed by atoms with Crippen LogP contribution in [0.4, 0.5) is 0 Å². The van der Waals surface area contributed by atoms with Crippen molar-refractivity contribution in [1.82, 2.24) is 19.7 Å². The molecule has 0 atom stereocenters. The number of aromatic amines is 1. The van der Waals surface area contributed by atoms with Gasteiger partial charge in [-0.1, -0.05) is 13.3 Å². The molecular formula is C13H14N4OS2. The minimum absolute atomic E-state index is 0.654. The maximum absolute atomic E-state index is 5.36. The van der Waals surface area contributed by atoms with E-state index < -0.39 is 0 Å². The molecule has 3 aromatic heterocycles. The quantitative estimate of drug-likeness (QED) is 0.720. The molecular weight excluding hydrogens is 292 g/mol. The van der Waals surface area contributed by atoms with Gasteiger partial charge in [-0.3, -0.25) is 9.67 Å². The average Bonchev–Trinajstić information content (AvgIpc) is 3.16. The highest BCUT2D eigenvalue weighted by Gasteiger charge is 2.14. The largest absolute Gasteiger partial charge is 0.462 e. The molecule has 0 aliphatic heterocycles. The number of nitrogens with zero attached hydrogens (tertiary/aromatic N) is 3. The van der Waals surface area contributed by atoms with Gasteiger partial charge in [-0.25, -0.2) is 4.98 Å². The third-order valence-electron chi connectivity index (χ3n) is 2.95. The molecule has 0 unspecified atom stereocenters. The highest BCUT2D eigenvalue weighted by atomic mass is 32.1. The van der Waals surface area contributed by atoms with Crippen molar-refractivity contribution in [2.45, 2.75) is 26.3 Å². The van der Waals surface area contributed by atoms with E-state index in [1.54, 1.807) is 17.6 Å². The van der Waals surface area contributed by atoms with Gasteiger partial charge in [-0.05, 0) is 30.8 Å². The van der Waals surface area contributed by atoms with Crippen molar-refractivity contribution in [3.63, 3.8) is 0 Å². The Kier molecular flexibility index (Phi) is 3.79. The Balaban J connectivity index is 1.96. The molecule has 3 heterocycles. The second kappa shape index (κ2) is 5.72. The van der Waals surface area contributed by atoms with Crippen LogP contribution in [0.5, 0.6) is 0 Å². The summed E-state index contributed by atoms with van der Waals surface area (Å²) in [5.41, 5.74) is 0. The summed E-state index contributed by atoms with van der Waals surface area (Å²) in [6.07, 6.45) is 5.65. The van der Waals surface area contributed by atoms with Gasteiger partial charge >= 0.3 is 0 Å². The van der Waals surface area contributed by atoms with Gasteiger partial charge in [0.15, 0.2) is 21.4 Å². The second-order valence-electron chi connectivity index (χ2n) is 4.36. The number of rotatable bonds is 5. The van der Waals surface area contributed by atoms with E-state index in [9.17, 15) is 0 Å². The monoisotopic (exact) mass is 306 g/mol. The summed E-state index contributed by atoms with van der Waals surface area (Å²) in [4.78, 5) is 5.38. The Morgan fingerprint density at radius 1 is 1.50 bits per heavy atom. The van der Waals surface area contributed by atoms with Crippen molar-refractivity contribution in [3.8, 4) is 21.5 Å². The van der Waals surface area contributed by atoms with Crippen LogP contribution in [0.25, 0.3) is 21.5 Å². The minimum Gasteiger partial charge on any atom is -0.462 e. The van der Waals surface area contributed by atoms with E-state index in [1.165, 1.54) is 0 Å². The molecule has 0 fully saturated rings. The lowest BCUT2D eigenvalue weighted by molar-refractivity contribution is 0.582. The van der Waals surface area contributed by atoms with Gasteiger partial charge in [0.25, 0.3) is 0 Å². The fourth-order valence-corrected chi connectivity index (χ4v) is 3.03. The predicted octanol–water partition coefficient (Wildman–Crippen LogP) is 4.12. The maximum Gasteiger partial charge on any atom is 0.195 e. The fraction of sp³-hybridized carbons (Fsp3) is 0.308.